The third-order valence-corrected chi connectivity index (χ3v) is 5.47. The number of methoxy groups -OCH3 is 1. The second-order valence-corrected chi connectivity index (χ2v) is 6.95. The zero-order chi connectivity index (χ0) is 16.2. The molecule has 4 unspecified atom stereocenters. The molecule has 4 nitrogen and oxygen atoms in total. The molecular formula is C19H23ClNO3-. The number of halogens is 1. The maximum atomic E-state index is 10.6. The maximum absolute atomic E-state index is 10.6. The van der Waals surface area contributed by atoms with Crippen LogP contribution in [0.1, 0.15) is 17.5 Å². The Morgan fingerprint density at radius 3 is 2.75 bits per heavy atom. The molecule has 0 amide bonds. The van der Waals surface area contributed by atoms with Crippen molar-refractivity contribution in [2.45, 2.75) is 24.0 Å². The zero-order valence-corrected chi connectivity index (χ0v) is 15.0. The molecule has 1 aromatic rings. The Labute approximate surface area is 149 Å². The fraction of sp³-hybridized carbons (Fsp3) is 0.474. The third kappa shape index (κ3) is 2.20. The van der Waals surface area contributed by atoms with E-state index in [2.05, 4.69) is 43.3 Å². The first-order valence-electron chi connectivity index (χ1n) is 8.15. The van der Waals surface area contributed by atoms with Gasteiger partial charge in [-0.2, -0.15) is 0 Å². The summed E-state index contributed by atoms with van der Waals surface area (Å²) in [5.41, 5.74) is 2.17. The summed E-state index contributed by atoms with van der Waals surface area (Å²) in [5, 5.41) is 10.6. The Kier molecular flexibility index (Phi) is 4.41. The average Bonchev–Trinajstić information content (AvgIpc) is 2.90. The summed E-state index contributed by atoms with van der Waals surface area (Å²) in [4.78, 5) is 2.19. The van der Waals surface area contributed by atoms with Crippen LogP contribution in [0.3, 0.4) is 0 Å². The smallest absolute Gasteiger partial charge is 0.166 e. The molecular weight excluding hydrogens is 326 g/mol. The molecule has 0 spiro atoms. The summed E-state index contributed by atoms with van der Waals surface area (Å²) < 4.78 is 11.8. The van der Waals surface area contributed by atoms with Crippen LogP contribution in [-0.4, -0.2) is 50.0 Å². The van der Waals surface area contributed by atoms with Crippen molar-refractivity contribution in [2.24, 2.45) is 5.92 Å². The molecule has 3 aliphatic rings. The van der Waals surface area contributed by atoms with Crippen LogP contribution in [0.2, 0.25) is 0 Å². The molecule has 0 aromatic heterocycles. The largest absolute Gasteiger partial charge is 1.00 e. The molecule has 0 fully saturated rings. The Morgan fingerprint density at radius 2 is 2.04 bits per heavy atom. The van der Waals surface area contributed by atoms with E-state index in [-0.39, 0.29) is 29.8 Å². The summed E-state index contributed by atoms with van der Waals surface area (Å²) >= 11 is 0. The van der Waals surface area contributed by atoms with E-state index in [0.29, 0.717) is 0 Å². The van der Waals surface area contributed by atoms with Gasteiger partial charge in [0.2, 0.25) is 0 Å². The van der Waals surface area contributed by atoms with Gasteiger partial charge in [-0.25, -0.2) is 0 Å². The number of aliphatic hydroxyl groups is 1. The summed E-state index contributed by atoms with van der Waals surface area (Å²) in [5.74, 6) is 1.81. The van der Waals surface area contributed by atoms with E-state index in [1.54, 1.807) is 7.11 Å². The standard InChI is InChI=1S/C19H23NO3.ClH/c1-20(2)11-10-19-13-6-4-12-5-9-15(22-3)17(16(12)19)23-18(19)14(21)8-7-13;/h4-9,13-14,18,21H,10-11H2,1-3H3;1H/p-1. The fourth-order valence-corrected chi connectivity index (χ4v) is 4.37. The number of hydrogen-bond donors (Lipinski definition) is 1. The second-order valence-electron chi connectivity index (χ2n) is 6.95. The van der Waals surface area contributed by atoms with Crippen LogP contribution in [0.4, 0.5) is 0 Å². The molecule has 0 saturated heterocycles. The number of rotatable bonds is 4. The topological polar surface area (TPSA) is 41.9 Å². The third-order valence-electron chi connectivity index (χ3n) is 5.47. The highest BCUT2D eigenvalue weighted by Crippen LogP contribution is 2.59. The van der Waals surface area contributed by atoms with Gasteiger partial charge in [0.15, 0.2) is 11.5 Å². The van der Waals surface area contributed by atoms with Crippen molar-refractivity contribution < 1.29 is 27.0 Å². The maximum Gasteiger partial charge on any atom is 0.166 e. The first-order chi connectivity index (χ1) is 11.1. The Bertz CT molecular complexity index is 700. The van der Waals surface area contributed by atoms with E-state index in [1.165, 1.54) is 11.1 Å². The zero-order valence-electron chi connectivity index (χ0n) is 14.2. The van der Waals surface area contributed by atoms with Crippen molar-refractivity contribution in [3.63, 3.8) is 0 Å². The van der Waals surface area contributed by atoms with Gasteiger partial charge >= 0.3 is 0 Å². The highest BCUT2D eigenvalue weighted by atomic mass is 35.5. The van der Waals surface area contributed by atoms with Crippen LogP contribution < -0.4 is 21.9 Å². The van der Waals surface area contributed by atoms with Crippen LogP contribution >= 0.6 is 0 Å². The quantitative estimate of drug-likeness (QED) is 0.725. The van der Waals surface area contributed by atoms with Crippen molar-refractivity contribution >= 4 is 6.08 Å². The van der Waals surface area contributed by atoms with Gasteiger partial charge in [-0.3, -0.25) is 0 Å². The van der Waals surface area contributed by atoms with Gasteiger partial charge in [0.1, 0.15) is 12.2 Å². The van der Waals surface area contributed by atoms with E-state index in [4.69, 9.17) is 9.47 Å². The van der Waals surface area contributed by atoms with Crippen molar-refractivity contribution in [3.8, 4) is 11.5 Å². The van der Waals surface area contributed by atoms with E-state index in [0.717, 1.165) is 24.5 Å². The number of allylic oxidation sites excluding steroid dienone is 2. The summed E-state index contributed by atoms with van der Waals surface area (Å²) in [7, 11) is 5.84. The lowest BCUT2D eigenvalue weighted by molar-refractivity contribution is -0.0000102. The monoisotopic (exact) mass is 348 g/mol. The minimum absolute atomic E-state index is 0. The molecule has 1 N–H and O–H groups in total. The number of ether oxygens (including phenoxy) is 2. The van der Waals surface area contributed by atoms with Crippen LogP contribution in [0, 0.1) is 5.92 Å². The average molecular weight is 349 g/mol. The van der Waals surface area contributed by atoms with Crippen LogP contribution in [-0.2, 0) is 5.41 Å². The predicted molar refractivity (Wildman–Crippen MR) is 89.9 cm³/mol. The molecule has 1 aromatic carbocycles. The Balaban J connectivity index is 0.00000169. The molecule has 1 heterocycles. The molecule has 24 heavy (non-hydrogen) atoms. The first kappa shape index (κ1) is 17.3. The van der Waals surface area contributed by atoms with Gasteiger partial charge in [0.25, 0.3) is 0 Å². The molecule has 0 saturated carbocycles. The number of nitrogens with zero attached hydrogens (tertiary/aromatic N) is 1. The Morgan fingerprint density at radius 1 is 1.25 bits per heavy atom. The molecule has 0 radical (unpaired) electrons. The lowest BCUT2D eigenvalue weighted by atomic mass is 9.59. The van der Waals surface area contributed by atoms with Crippen LogP contribution in [0.15, 0.2) is 30.4 Å². The minimum atomic E-state index is -0.593. The highest BCUT2D eigenvalue weighted by molar-refractivity contribution is 5.71. The van der Waals surface area contributed by atoms with Crippen LogP contribution in [0.5, 0.6) is 11.5 Å². The van der Waals surface area contributed by atoms with Gasteiger partial charge in [0.05, 0.1) is 12.5 Å². The molecule has 130 valence electrons. The summed E-state index contributed by atoms with van der Waals surface area (Å²) in [6.45, 7) is 0.945. The second kappa shape index (κ2) is 6.10. The number of aliphatic hydroxyl groups excluding tert-OH is 1. The fourth-order valence-electron chi connectivity index (χ4n) is 4.37. The molecule has 1 aliphatic heterocycles. The molecule has 2 aliphatic carbocycles. The highest BCUT2D eigenvalue weighted by Gasteiger charge is 2.58. The molecule has 0 bridgehead atoms. The van der Waals surface area contributed by atoms with Gasteiger partial charge in [-0.15, -0.1) is 0 Å². The SMILES string of the molecule is COc1ccc2c3c1OC1C(O)C=CC(C=C2)C31CCN(C)C.[Cl-]. The lowest BCUT2D eigenvalue weighted by Crippen LogP contribution is -3.00. The van der Waals surface area contributed by atoms with E-state index in [9.17, 15) is 5.11 Å². The molecule has 4 rings (SSSR count). The van der Waals surface area contributed by atoms with Crippen molar-refractivity contribution in [3.05, 3.63) is 41.5 Å². The normalized spacial score (nSPS) is 31.5. The van der Waals surface area contributed by atoms with E-state index in [1.807, 2.05) is 12.1 Å². The van der Waals surface area contributed by atoms with Gasteiger partial charge in [0, 0.05) is 11.5 Å². The van der Waals surface area contributed by atoms with E-state index < -0.39 is 6.10 Å². The summed E-state index contributed by atoms with van der Waals surface area (Å²) in [6.07, 6.45) is 8.51. The van der Waals surface area contributed by atoms with Crippen molar-refractivity contribution in [1.29, 1.82) is 0 Å². The first-order valence-corrected chi connectivity index (χ1v) is 8.15. The number of benzene rings is 1. The molecule has 4 atom stereocenters. The Hall–Kier alpha value is -1.49. The molecule has 5 heteroatoms. The summed E-state index contributed by atoms with van der Waals surface area (Å²) in [6, 6.07) is 4.05. The lowest BCUT2D eigenvalue weighted by Gasteiger charge is -2.45. The van der Waals surface area contributed by atoms with Gasteiger partial charge in [-0.1, -0.05) is 30.4 Å². The van der Waals surface area contributed by atoms with Crippen LogP contribution in [0.25, 0.3) is 6.08 Å². The van der Waals surface area contributed by atoms with Gasteiger partial charge < -0.3 is 31.9 Å². The van der Waals surface area contributed by atoms with Crippen molar-refractivity contribution in [2.75, 3.05) is 27.7 Å². The van der Waals surface area contributed by atoms with Gasteiger partial charge in [-0.05, 0) is 38.7 Å². The predicted octanol–water partition coefficient (Wildman–Crippen LogP) is -0.777. The van der Waals surface area contributed by atoms with Crippen molar-refractivity contribution in [1.82, 2.24) is 4.90 Å². The minimum Gasteiger partial charge on any atom is -1.00 e. The van der Waals surface area contributed by atoms with E-state index >= 15 is 0 Å². The number of hydrogen-bond acceptors (Lipinski definition) is 4.